The summed E-state index contributed by atoms with van der Waals surface area (Å²) in [7, 11) is 0. The van der Waals surface area contributed by atoms with Crippen molar-refractivity contribution in [1.82, 2.24) is 4.98 Å². The highest BCUT2D eigenvalue weighted by atomic mass is 32.2. The number of ketones is 1. The summed E-state index contributed by atoms with van der Waals surface area (Å²) in [4.78, 5) is 40.8. The molecule has 0 radical (unpaired) electrons. The molecule has 0 spiro atoms. The molecule has 0 saturated carbocycles. The van der Waals surface area contributed by atoms with Crippen molar-refractivity contribution in [2.45, 2.75) is 45.6 Å². The van der Waals surface area contributed by atoms with Gasteiger partial charge >= 0.3 is 11.9 Å². The molecule has 0 fully saturated rings. The van der Waals surface area contributed by atoms with Gasteiger partial charge in [-0.2, -0.15) is 0 Å². The number of H-pyrrole nitrogens is 1. The number of benzene rings is 1. The average Bonchev–Trinajstić information content (AvgIpc) is 2.94. The van der Waals surface area contributed by atoms with Gasteiger partial charge in [0.25, 0.3) is 0 Å². The van der Waals surface area contributed by atoms with Crippen LogP contribution < -0.4 is 0 Å². The average molecular weight is 404 g/mol. The molecule has 2 rings (SSSR count). The molecular weight excluding hydrogens is 378 g/mol. The van der Waals surface area contributed by atoms with Crippen molar-refractivity contribution < 1.29 is 23.9 Å². The lowest BCUT2D eigenvalue weighted by molar-refractivity contribution is -0.143. The number of thioether (sulfide) groups is 1. The molecule has 1 aromatic heterocycles. The fourth-order valence-electron chi connectivity index (χ4n) is 2.85. The zero-order valence-electron chi connectivity index (χ0n) is 16.8. The third-order valence-electron chi connectivity index (χ3n) is 4.28. The van der Waals surface area contributed by atoms with Crippen molar-refractivity contribution in [1.29, 1.82) is 0 Å². The summed E-state index contributed by atoms with van der Waals surface area (Å²) in [5.41, 5.74) is 2.73. The number of esters is 2. The first kappa shape index (κ1) is 21.8. The van der Waals surface area contributed by atoms with Gasteiger partial charge in [0.1, 0.15) is 0 Å². The van der Waals surface area contributed by atoms with Crippen LogP contribution in [0.4, 0.5) is 0 Å². The number of aromatic amines is 1. The lowest BCUT2D eigenvalue weighted by atomic mass is 10.1. The highest BCUT2D eigenvalue weighted by Crippen LogP contribution is 2.23. The van der Waals surface area contributed by atoms with E-state index in [1.165, 1.54) is 18.7 Å². The van der Waals surface area contributed by atoms with E-state index in [1.54, 1.807) is 20.8 Å². The van der Waals surface area contributed by atoms with E-state index in [1.807, 2.05) is 31.2 Å². The molecule has 2 aromatic rings. The first-order chi connectivity index (χ1) is 13.3. The molecule has 1 N–H and O–H groups in total. The van der Waals surface area contributed by atoms with Crippen molar-refractivity contribution >= 4 is 29.5 Å². The second-order valence-corrected chi connectivity index (χ2v) is 7.41. The van der Waals surface area contributed by atoms with Gasteiger partial charge in [-0.05, 0) is 51.8 Å². The van der Waals surface area contributed by atoms with Gasteiger partial charge in [-0.25, -0.2) is 4.79 Å². The van der Waals surface area contributed by atoms with Crippen LogP contribution in [0.3, 0.4) is 0 Å². The molecule has 6 nitrogen and oxygen atoms in total. The molecule has 0 amide bonds. The lowest BCUT2D eigenvalue weighted by Gasteiger charge is -2.12. The van der Waals surface area contributed by atoms with Gasteiger partial charge in [0.15, 0.2) is 6.10 Å². The Labute approximate surface area is 169 Å². The number of carbonyl (C=O) groups excluding carboxylic acids is 3. The van der Waals surface area contributed by atoms with Gasteiger partial charge in [0.2, 0.25) is 5.78 Å². The smallest absolute Gasteiger partial charge is 0.340 e. The van der Waals surface area contributed by atoms with Crippen LogP contribution in [0, 0.1) is 20.8 Å². The van der Waals surface area contributed by atoms with Crippen LogP contribution in [0.1, 0.15) is 51.5 Å². The normalized spacial score (nSPS) is 11.8. The van der Waals surface area contributed by atoms with Crippen molar-refractivity contribution in [3.63, 3.8) is 0 Å². The number of aromatic nitrogens is 1. The van der Waals surface area contributed by atoms with Crippen LogP contribution in [0.2, 0.25) is 0 Å². The monoisotopic (exact) mass is 403 g/mol. The number of hydrogen-bond acceptors (Lipinski definition) is 6. The van der Waals surface area contributed by atoms with Crippen LogP contribution in [0.15, 0.2) is 29.2 Å². The van der Waals surface area contributed by atoms with Crippen molar-refractivity contribution in [2.75, 3.05) is 12.4 Å². The standard InChI is InChI=1S/C21H25NO5S/c1-6-26-21(25)18-13(3)19(22-14(18)4)20(24)15(5)27-17(23)11-28-16-10-8-7-9-12(16)2/h7-10,15,22H,6,11H2,1-5H3/t15-/m1/s1. The molecule has 0 bridgehead atoms. The molecule has 0 aliphatic carbocycles. The second-order valence-electron chi connectivity index (χ2n) is 6.40. The van der Waals surface area contributed by atoms with E-state index in [4.69, 9.17) is 9.47 Å². The molecule has 0 aliphatic heterocycles. The minimum atomic E-state index is -0.961. The summed E-state index contributed by atoms with van der Waals surface area (Å²) in [6.45, 7) is 8.84. The summed E-state index contributed by atoms with van der Waals surface area (Å²) < 4.78 is 10.3. The van der Waals surface area contributed by atoms with E-state index < -0.39 is 18.0 Å². The minimum Gasteiger partial charge on any atom is -0.462 e. The minimum absolute atomic E-state index is 0.110. The topological polar surface area (TPSA) is 85.5 Å². The fraction of sp³-hybridized carbons (Fsp3) is 0.381. The van der Waals surface area contributed by atoms with Crippen molar-refractivity contribution in [2.24, 2.45) is 0 Å². The Morgan fingerprint density at radius 3 is 2.46 bits per heavy atom. The van der Waals surface area contributed by atoms with Crippen LogP contribution in [-0.2, 0) is 14.3 Å². The molecule has 1 aromatic carbocycles. The van der Waals surface area contributed by atoms with Gasteiger partial charge in [-0.15, -0.1) is 11.8 Å². The van der Waals surface area contributed by atoms with Crippen LogP contribution >= 0.6 is 11.8 Å². The van der Waals surface area contributed by atoms with Gasteiger partial charge in [0.05, 0.1) is 23.6 Å². The zero-order valence-corrected chi connectivity index (χ0v) is 17.6. The molecule has 1 atom stereocenters. The van der Waals surface area contributed by atoms with E-state index in [0.29, 0.717) is 16.8 Å². The molecule has 1 heterocycles. The number of aryl methyl sites for hydroxylation is 2. The maximum absolute atomic E-state index is 12.7. The third kappa shape index (κ3) is 5.04. The third-order valence-corrected chi connectivity index (χ3v) is 5.43. The highest BCUT2D eigenvalue weighted by molar-refractivity contribution is 8.00. The fourth-order valence-corrected chi connectivity index (χ4v) is 3.66. The molecule has 0 saturated heterocycles. The maximum atomic E-state index is 12.7. The Morgan fingerprint density at radius 2 is 1.82 bits per heavy atom. The molecule has 0 aliphatic rings. The van der Waals surface area contributed by atoms with Crippen molar-refractivity contribution in [3.05, 3.63) is 52.3 Å². The van der Waals surface area contributed by atoms with Gasteiger partial charge in [-0.1, -0.05) is 18.2 Å². The van der Waals surface area contributed by atoms with Crippen LogP contribution in [0.5, 0.6) is 0 Å². The Bertz CT molecular complexity index is 887. The summed E-state index contributed by atoms with van der Waals surface area (Å²) >= 11 is 1.37. The Balaban J connectivity index is 2.02. The largest absolute Gasteiger partial charge is 0.462 e. The predicted octanol–water partition coefficient (Wildman–Crippen LogP) is 4.02. The summed E-state index contributed by atoms with van der Waals surface area (Å²) in [6, 6.07) is 7.75. The quantitative estimate of drug-likeness (QED) is 0.407. The second kappa shape index (κ2) is 9.59. The van der Waals surface area contributed by atoms with Gasteiger partial charge < -0.3 is 14.5 Å². The SMILES string of the molecule is CCOC(=O)c1c(C)[nH]c(C(=O)[C@@H](C)OC(=O)CSc2ccccc2C)c1C. The zero-order chi connectivity index (χ0) is 20.8. The molecule has 28 heavy (non-hydrogen) atoms. The van der Waals surface area contributed by atoms with Crippen LogP contribution in [0.25, 0.3) is 0 Å². The molecular formula is C21H25NO5S. The number of hydrogen-bond donors (Lipinski definition) is 1. The predicted molar refractivity (Wildman–Crippen MR) is 108 cm³/mol. The first-order valence-electron chi connectivity index (χ1n) is 9.04. The maximum Gasteiger partial charge on any atom is 0.340 e. The van der Waals surface area contributed by atoms with Gasteiger partial charge in [-0.3, -0.25) is 9.59 Å². The number of carbonyl (C=O) groups is 3. The van der Waals surface area contributed by atoms with E-state index >= 15 is 0 Å². The van der Waals surface area contributed by atoms with Gasteiger partial charge in [0, 0.05) is 10.6 Å². The number of nitrogens with one attached hydrogen (secondary N) is 1. The van der Waals surface area contributed by atoms with E-state index in [9.17, 15) is 14.4 Å². The van der Waals surface area contributed by atoms with E-state index in [-0.39, 0.29) is 23.8 Å². The highest BCUT2D eigenvalue weighted by Gasteiger charge is 2.27. The molecule has 7 heteroatoms. The first-order valence-corrected chi connectivity index (χ1v) is 10.0. The van der Waals surface area contributed by atoms with E-state index in [2.05, 4.69) is 4.98 Å². The number of rotatable bonds is 8. The van der Waals surface area contributed by atoms with Crippen molar-refractivity contribution in [3.8, 4) is 0 Å². The number of Topliss-reactive ketones (excluding diaryl/α,β-unsaturated/α-hetero) is 1. The summed E-state index contributed by atoms with van der Waals surface area (Å²) in [6.07, 6.45) is -0.961. The number of ether oxygens (including phenoxy) is 2. The molecule has 150 valence electrons. The Morgan fingerprint density at radius 1 is 1.14 bits per heavy atom. The van der Waals surface area contributed by atoms with E-state index in [0.717, 1.165) is 10.5 Å². The Kier molecular flexibility index (Phi) is 7.45. The Hall–Kier alpha value is -2.54. The summed E-state index contributed by atoms with van der Waals surface area (Å²) in [5.74, 6) is -1.22. The van der Waals surface area contributed by atoms with Crippen LogP contribution in [-0.4, -0.2) is 41.2 Å². The molecule has 0 unspecified atom stereocenters. The lowest BCUT2D eigenvalue weighted by Crippen LogP contribution is -2.26. The summed E-state index contributed by atoms with van der Waals surface area (Å²) in [5, 5.41) is 0.